The molecule has 0 bridgehead atoms. The van der Waals surface area contributed by atoms with Gasteiger partial charge in [-0.2, -0.15) is 0 Å². The fourth-order valence-electron chi connectivity index (χ4n) is 4.20. The second-order valence-electron chi connectivity index (χ2n) is 11.1. The van der Waals surface area contributed by atoms with E-state index in [1.54, 1.807) is 43.3 Å². The van der Waals surface area contributed by atoms with Gasteiger partial charge in [0.15, 0.2) is 0 Å². The number of benzene rings is 3. The van der Waals surface area contributed by atoms with E-state index in [1.165, 1.54) is 4.90 Å². The van der Waals surface area contributed by atoms with Gasteiger partial charge in [0.1, 0.15) is 12.6 Å². The summed E-state index contributed by atoms with van der Waals surface area (Å²) in [5.41, 5.74) is 3.31. The van der Waals surface area contributed by atoms with Crippen molar-refractivity contribution < 1.29 is 18.0 Å². The lowest BCUT2D eigenvalue weighted by Crippen LogP contribution is -2.54. The standard InChI is InChI=1S/C31H38BrN3O4S/c1-21-11-17-27(18-12-21)40(38,39)35(28-10-8-9-22(2)23(28)3)20-29(36)34(19-25-13-15-26(32)16-14-25)24(4)30(37)33-31(5,6)7/h8-18,24H,19-20H2,1-7H3,(H,33,37)/t24-/m0/s1. The molecule has 0 heterocycles. The van der Waals surface area contributed by atoms with E-state index < -0.39 is 34.1 Å². The van der Waals surface area contributed by atoms with Crippen molar-refractivity contribution in [3.63, 3.8) is 0 Å². The first kappa shape index (κ1) is 31.4. The van der Waals surface area contributed by atoms with Gasteiger partial charge in [-0.25, -0.2) is 8.42 Å². The zero-order valence-electron chi connectivity index (χ0n) is 24.2. The highest BCUT2D eigenvalue weighted by Crippen LogP contribution is 2.29. The van der Waals surface area contributed by atoms with Crippen LogP contribution in [0.1, 0.15) is 49.9 Å². The third kappa shape index (κ3) is 7.73. The molecule has 0 aromatic heterocycles. The number of carbonyl (C=O) groups excluding carboxylic acids is 2. The largest absolute Gasteiger partial charge is 0.350 e. The minimum Gasteiger partial charge on any atom is -0.350 e. The van der Waals surface area contributed by atoms with Crippen LogP contribution in [0, 0.1) is 20.8 Å². The Labute approximate surface area is 246 Å². The summed E-state index contributed by atoms with van der Waals surface area (Å²) in [6.45, 7) is 12.6. The Hall–Kier alpha value is -3.17. The lowest BCUT2D eigenvalue weighted by molar-refractivity contribution is -0.140. The summed E-state index contributed by atoms with van der Waals surface area (Å²) in [4.78, 5) is 28.8. The maximum atomic E-state index is 14.1. The average molecular weight is 629 g/mol. The Morgan fingerprint density at radius 3 is 2.10 bits per heavy atom. The smallest absolute Gasteiger partial charge is 0.264 e. The van der Waals surface area contributed by atoms with Crippen molar-refractivity contribution in [2.24, 2.45) is 0 Å². The predicted octanol–water partition coefficient (Wildman–Crippen LogP) is 5.90. The van der Waals surface area contributed by atoms with E-state index in [0.717, 1.165) is 31.0 Å². The second-order valence-corrected chi connectivity index (χ2v) is 13.9. The van der Waals surface area contributed by atoms with Crippen molar-refractivity contribution in [3.05, 3.63) is 93.5 Å². The normalized spacial score (nSPS) is 12.5. The Balaban J connectivity index is 2.08. The maximum absolute atomic E-state index is 14.1. The molecule has 3 aromatic carbocycles. The summed E-state index contributed by atoms with van der Waals surface area (Å²) in [5, 5.41) is 2.94. The van der Waals surface area contributed by atoms with Crippen molar-refractivity contribution in [1.29, 1.82) is 0 Å². The van der Waals surface area contributed by atoms with Crippen LogP contribution in [-0.2, 0) is 26.2 Å². The van der Waals surface area contributed by atoms with Gasteiger partial charge in [0.05, 0.1) is 10.6 Å². The van der Waals surface area contributed by atoms with Crippen molar-refractivity contribution in [3.8, 4) is 0 Å². The minimum atomic E-state index is -4.11. The summed E-state index contributed by atoms with van der Waals surface area (Å²) < 4.78 is 30.1. The Bertz CT molecular complexity index is 1460. The molecule has 1 N–H and O–H groups in total. The summed E-state index contributed by atoms with van der Waals surface area (Å²) in [6, 6.07) is 18.5. The van der Waals surface area contributed by atoms with Crippen molar-refractivity contribution in [2.75, 3.05) is 10.8 Å². The minimum absolute atomic E-state index is 0.0878. The number of nitrogens with one attached hydrogen (secondary N) is 1. The van der Waals surface area contributed by atoms with Gasteiger partial charge in [0, 0.05) is 16.6 Å². The highest BCUT2D eigenvalue weighted by Gasteiger charge is 2.34. The molecule has 0 saturated heterocycles. The van der Waals surface area contributed by atoms with Gasteiger partial charge in [0.25, 0.3) is 10.0 Å². The first-order valence-electron chi connectivity index (χ1n) is 13.1. The molecule has 0 unspecified atom stereocenters. The van der Waals surface area contributed by atoms with E-state index in [4.69, 9.17) is 0 Å². The van der Waals surface area contributed by atoms with Crippen LogP contribution in [0.5, 0.6) is 0 Å². The van der Waals surface area contributed by atoms with Crippen LogP contribution >= 0.6 is 15.9 Å². The van der Waals surface area contributed by atoms with E-state index in [-0.39, 0.29) is 17.3 Å². The van der Waals surface area contributed by atoms with Crippen molar-refractivity contribution >= 4 is 43.5 Å². The quantitative estimate of drug-likeness (QED) is 0.320. The van der Waals surface area contributed by atoms with Crippen molar-refractivity contribution in [2.45, 2.75) is 71.5 Å². The highest BCUT2D eigenvalue weighted by molar-refractivity contribution is 9.10. The van der Waals surface area contributed by atoms with Crippen LogP contribution < -0.4 is 9.62 Å². The number of sulfonamides is 1. The molecule has 0 spiro atoms. The van der Waals surface area contributed by atoms with Gasteiger partial charge >= 0.3 is 0 Å². The lowest BCUT2D eigenvalue weighted by atomic mass is 10.1. The van der Waals surface area contributed by atoms with Gasteiger partial charge in [-0.05, 0) is 95.5 Å². The molecule has 0 saturated carbocycles. The van der Waals surface area contributed by atoms with Crippen LogP contribution in [0.15, 0.2) is 76.1 Å². The SMILES string of the molecule is Cc1ccc(S(=O)(=O)N(CC(=O)N(Cc2ccc(Br)cc2)[C@@H](C)C(=O)NC(C)(C)C)c2cccc(C)c2C)cc1. The molecule has 40 heavy (non-hydrogen) atoms. The summed E-state index contributed by atoms with van der Waals surface area (Å²) in [6.07, 6.45) is 0. The van der Waals surface area contributed by atoms with Crippen LogP contribution in [0.25, 0.3) is 0 Å². The number of aryl methyl sites for hydroxylation is 2. The molecule has 3 rings (SSSR count). The Morgan fingerprint density at radius 2 is 1.52 bits per heavy atom. The number of amides is 2. The first-order valence-corrected chi connectivity index (χ1v) is 15.3. The predicted molar refractivity (Wildman–Crippen MR) is 164 cm³/mol. The van der Waals surface area contributed by atoms with E-state index in [1.807, 2.05) is 71.9 Å². The Kier molecular flexibility index (Phi) is 9.85. The number of hydrogen-bond acceptors (Lipinski definition) is 4. The number of halogens is 1. The molecule has 2 amide bonds. The van der Waals surface area contributed by atoms with E-state index >= 15 is 0 Å². The second kappa shape index (κ2) is 12.6. The molecule has 7 nitrogen and oxygen atoms in total. The molecule has 3 aromatic rings. The van der Waals surface area contributed by atoms with Gasteiger partial charge in [-0.1, -0.05) is 57.9 Å². The molecule has 1 atom stereocenters. The molecule has 0 fully saturated rings. The fourth-order valence-corrected chi connectivity index (χ4v) is 5.94. The van der Waals surface area contributed by atoms with Crippen molar-refractivity contribution in [1.82, 2.24) is 10.2 Å². The molecule has 0 aliphatic heterocycles. The molecule has 0 aliphatic carbocycles. The van der Waals surface area contributed by atoms with E-state index in [2.05, 4.69) is 21.2 Å². The van der Waals surface area contributed by atoms with Gasteiger partial charge < -0.3 is 10.2 Å². The van der Waals surface area contributed by atoms with Crippen LogP contribution in [0.2, 0.25) is 0 Å². The first-order chi connectivity index (χ1) is 18.6. The monoisotopic (exact) mass is 627 g/mol. The maximum Gasteiger partial charge on any atom is 0.264 e. The van der Waals surface area contributed by atoms with E-state index in [0.29, 0.717) is 5.69 Å². The van der Waals surface area contributed by atoms with Gasteiger partial charge in [-0.15, -0.1) is 0 Å². The molecule has 214 valence electrons. The Morgan fingerprint density at radius 1 is 0.925 bits per heavy atom. The third-order valence-corrected chi connectivity index (χ3v) is 8.97. The fraction of sp³-hybridized carbons (Fsp3) is 0.355. The molecule has 9 heteroatoms. The number of hydrogen-bond donors (Lipinski definition) is 1. The number of anilines is 1. The summed E-state index contributed by atoms with van der Waals surface area (Å²) in [7, 11) is -4.11. The average Bonchev–Trinajstić information content (AvgIpc) is 2.87. The topological polar surface area (TPSA) is 86.8 Å². The summed E-state index contributed by atoms with van der Waals surface area (Å²) in [5.74, 6) is -0.811. The zero-order chi connectivity index (χ0) is 29.8. The molecular formula is C31H38BrN3O4S. The molecule has 0 aliphatic rings. The van der Waals surface area contributed by atoms with Gasteiger partial charge in [0.2, 0.25) is 11.8 Å². The highest BCUT2D eigenvalue weighted by atomic mass is 79.9. The zero-order valence-corrected chi connectivity index (χ0v) is 26.6. The number of nitrogens with zero attached hydrogens (tertiary/aromatic N) is 2. The third-order valence-electron chi connectivity index (χ3n) is 6.66. The summed E-state index contributed by atoms with van der Waals surface area (Å²) >= 11 is 3.43. The van der Waals surface area contributed by atoms with E-state index in [9.17, 15) is 18.0 Å². The lowest BCUT2D eigenvalue weighted by Gasteiger charge is -2.34. The molecular weight excluding hydrogens is 590 g/mol. The number of carbonyl (C=O) groups is 2. The number of rotatable bonds is 9. The molecule has 0 radical (unpaired) electrons. The van der Waals surface area contributed by atoms with Crippen LogP contribution in [0.4, 0.5) is 5.69 Å². The van der Waals surface area contributed by atoms with Gasteiger partial charge in [-0.3, -0.25) is 13.9 Å². The van der Waals surface area contributed by atoms with Crippen LogP contribution in [-0.4, -0.2) is 43.3 Å². The van der Waals surface area contributed by atoms with Crippen LogP contribution in [0.3, 0.4) is 0 Å².